The third-order valence-corrected chi connectivity index (χ3v) is 4.94. The molecule has 0 spiro atoms. The van der Waals surface area contributed by atoms with Gasteiger partial charge in [0.05, 0.1) is 24.5 Å². The Morgan fingerprint density at radius 3 is 2.31 bits per heavy atom. The average Bonchev–Trinajstić information content (AvgIpc) is 2.77. The highest BCUT2D eigenvalue weighted by atomic mass is 19.4. The summed E-state index contributed by atoms with van der Waals surface area (Å²) in [5.41, 5.74) is 0.459. The van der Waals surface area contributed by atoms with Crippen LogP contribution in [-0.4, -0.2) is 29.5 Å². The molecule has 0 saturated carbocycles. The Morgan fingerprint density at radius 1 is 1.00 bits per heavy atom. The van der Waals surface area contributed by atoms with Crippen molar-refractivity contribution in [2.45, 2.75) is 32.0 Å². The van der Waals surface area contributed by atoms with Gasteiger partial charge < -0.3 is 14.6 Å². The fourth-order valence-corrected chi connectivity index (χ4v) is 3.25. The number of ether oxygens (including phenoxy) is 2. The number of nitrogens with zero attached hydrogens (tertiary/aromatic N) is 1. The molecule has 0 bridgehead atoms. The van der Waals surface area contributed by atoms with Gasteiger partial charge in [0.15, 0.2) is 11.5 Å². The van der Waals surface area contributed by atoms with Crippen LogP contribution in [-0.2, 0) is 6.18 Å². The van der Waals surface area contributed by atoms with E-state index in [0.29, 0.717) is 34.7 Å². The van der Waals surface area contributed by atoms with E-state index in [9.17, 15) is 23.1 Å². The molecule has 0 aliphatic rings. The molecule has 0 aliphatic heterocycles. The van der Waals surface area contributed by atoms with Gasteiger partial charge in [-0.2, -0.15) is 13.2 Å². The second kappa shape index (κ2) is 9.91. The number of aliphatic hydroxyl groups excluding tert-OH is 1. The van der Waals surface area contributed by atoms with Crippen LogP contribution in [0.3, 0.4) is 0 Å². The first-order valence-corrected chi connectivity index (χ1v) is 10.1. The first-order chi connectivity index (χ1) is 15.2. The third kappa shape index (κ3) is 5.50. The van der Waals surface area contributed by atoms with Crippen molar-refractivity contribution >= 4 is 0 Å². The first-order valence-electron chi connectivity index (χ1n) is 10.1. The maximum Gasteiger partial charge on any atom is 0.416 e. The molecule has 1 heterocycles. The Bertz CT molecular complexity index is 1110. The predicted octanol–water partition coefficient (Wildman–Crippen LogP) is 5.07. The second-order valence-electron chi connectivity index (χ2n) is 7.29. The number of aromatic nitrogens is 1. The minimum absolute atomic E-state index is 0.130. The van der Waals surface area contributed by atoms with Crippen molar-refractivity contribution < 1.29 is 27.8 Å². The molecule has 5 nitrogen and oxygen atoms in total. The monoisotopic (exact) mass is 447 g/mol. The lowest BCUT2D eigenvalue weighted by Crippen LogP contribution is -2.18. The van der Waals surface area contributed by atoms with Crippen molar-refractivity contribution in [3.8, 4) is 28.3 Å². The number of hydrogen-bond acceptors (Lipinski definition) is 4. The van der Waals surface area contributed by atoms with Crippen molar-refractivity contribution in [2.24, 2.45) is 0 Å². The lowest BCUT2D eigenvalue weighted by atomic mass is 10.0. The van der Waals surface area contributed by atoms with Gasteiger partial charge in [-0.1, -0.05) is 25.5 Å². The minimum Gasteiger partial charge on any atom is -0.493 e. The summed E-state index contributed by atoms with van der Waals surface area (Å²) in [4.78, 5) is 12.7. The molecule has 0 radical (unpaired) electrons. The summed E-state index contributed by atoms with van der Waals surface area (Å²) < 4.78 is 50.6. The van der Waals surface area contributed by atoms with Crippen LogP contribution in [0.4, 0.5) is 13.2 Å². The summed E-state index contributed by atoms with van der Waals surface area (Å²) in [6.45, 7) is 2.10. The van der Waals surface area contributed by atoms with Gasteiger partial charge in [-0.3, -0.25) is 9.36 Å². The fraction of sp³-hybridized carbons (Fsp3) is 0.292. The normalized spacial score (nSPS) is 12.4. The Balaban J connectivity index is 1.83. The van der Waals surface area contributed by atoms with E-state index >= 15 is 0 Å². The second-order valence-corrected chi connectivity index (χ2v) is 7.29. The number of rotatable bonds is 8. The zero-order valence-electron chi connectivity index (χ0n) is 17.7. The van der Waals surface area contributed by atoms with Gasteiger partial charge in [0, 0.05) is 18.3 Å². The molecule has 170 valence electrons. The molecule has 0 aliphatic carbocycles. The van der Waals surface area contributed by atoms with Gasteiger partial charge in [-0.05, 0) is 47.9 Å². The van der Waals surface area contributed by atoms with Crippen molar-refractivity contribution in [2.75, 3.05) is 13.7 Å². The van der Waals surface area contributed by atoms with E-state index in [0.717, 1.165) is 18.6 Å². The average molecular weight is 447 g/mol. The van der Waals surface area contributed by atoms with E-state index in [4.69, 9.17) is 9.47 Å². The van der Waals surface area contributed by atoms with E-state index in [1.807, 2.05) is 6.92 Å². The minimum atomic E-state index is -4.41. The summed E-state index contributed by atoms with van der Waals surface area (Å²) in [7, 11) is 1.48. The highest BCUT2D eigenvalue weighted by Crippen LogP contribution is 2.31. The van der Waals surface area contributed by atoms with Gasteiger partial charge >= 0.3 is 6.18 Å². The number of halogens is 3. The van der Waals surface area contributed by atoms with Crippen LogP contribution in [0.1, 0.15) is 25.3 Å². The number of methoxy groups -OCH3 is 1. The maximum absolute atomic E-state index is 12.8. The lowest BCUT2D eigenvalue weighted by Gasteiger charge is -2.15. The third-order valence-electron chi connectivity index (χ3n) is 4.94. The summed E-state index contributed by atoms with van der Waals surface area (Å²) in [5.74, 6) is 0.853. The number of hydrogen-bond donors (Lipinski definition) is 1. The van der Waals surface area contributed by atoms with Crippen LogP contribution in [0, 0.1) is 0 Å². The molecule has 0 saturated heterocycles. The largest absolute Gasteiger partial charge is 0.493 e. The maximum atomic E-state index is 12.8. The Labute approximate surface area is 183 Å². The zero-order chi connectivity index (χ0) is 23.3. The van der Waals surface area contributed by atoms with Gasteiger partial charge in [-0.15, -0.1) is 0 Å². The van der Waals surface area contributed by atoms with E-state index in [2.05, 4.69) is 0 Å². The molecule has 3 aromatic rings. The summed E-state index contributed by atoms with van der Waals surface area (Å²) >= 11 is 0. The van der Waals surface area contributed by atoms with E-state index in [1.165, 1.54) is 29.9 Å². The number of benzene rings is 2. The summed E-state index contributed by atoms with van der Waals surface area (Å²) in [5, 5.41) is 9.85. The van der Waals surface area contributed by atoms with Crippen molar-refractivity contribution in [3.05, 3.63) is 76.7 Å². The fourth-order valence-electron chi connectivity index (χ4n) is 3.25. The van der Waals surface area contributed by atoms with Crippen molar-refractivity contribution in [3.63, 3.8) is 0 Å². The molecule has 1 aromatic heterocycles. The molecule has 32 heavy (non-hydrogen) atoms. The highest BCUT2D eigenvalue weighted by Gasteiger charge is 2.30. The van der Waals surface area contributed by atoms with Crippen LogP contribution in [0.25, 0.3) is 16.8 Å². The lowest BCUT2D eigenvalue weighted by molar-refractivity contribution is -0.137. The summed E-state index contributed by atoms with van der Waals surface area (Å²) in [6.07, 6.45) is -1.97. The van der Waals surface area contributed by atoms with Gasteiger partial charge in [0.1, 0.15) is 6.61 Å². The summed E-state index contributed by atoms with van der Waals surface area (Å²) in [6, 6.07) is 12.6. The van der Waals surface area contributed by atoms with E-state index < -0.39 is 17.8 Å². The number of aliphatic hydroxyl groups is 1. The molecular weight excluding hydrogens is 423 g/mol. The van der Waals surface area contributed by atoms with Gasteiger partial charge in [-0.25, -0.2) is 0 Å². The molecule has 1 atom stereocenters. The van der Waals surface area contributed by atoms with E-state index in [1.54, 1.807) is 30.5 Å². The molecule has 1 unspecified atom stereocenters. The molecular formula is C24H24F3NO4. The van der Waals surface area contributed by atoms with Gasteiger partial charge in [0.25, 0.3) is 5.56 Å². The number of pyridine rings is 1. The zero-order valence-corrected chi connectivity index (χ0v) is 17.7. The van der Waals surface area contributed by atoms with Crippen LogP contribution in [0.5, 0.6) is 11.5 Å². The van der Waals surface area contributed by atoms with E-state index in [-0.39, 0.29) is 12.2 Å². The van der Waals surface area contributed by atoms with Crippen molar-refractivity contribution in [1.82, 2.24) is 4.57 Å². The smallest absolute Gasteiger partial charge is 0.416 e. The first kappa shape index (κ1) is 23.4. The van der Waals surface area contributed by atoms with Crippen LogP contribution in [0.15, 0.2) is 65.6 Å². The Morgan fingerprint density at radius 2 is 1.72 bits per heavy atom. The highest BCUT2D eigenvalue weighted by molar-refractivity contribution is 5.63. The topological polar surface area (TPSA) is 60.7 Å². The molecule has 3 rings (SSSR count). The van der Waals surface area contributed by atoms with Gasteiger partial charge in [0.2, 0.25) is 0 Å². The van der Waals surface area contributed by atoms with Crippen molar-refractivity contribution in [1.29, 1.82) is 0 Å². The molecule has 1 N–H and O–H groups in total. The molecule has 0 fully saturated rings. The predicted molar refractivity (Wildman–Crippen MR) is 115 cm³/mol. The standard InChI is InChI=1S/C24H24F3NO4/c1-3-4-20(29)15-32-21-10-9-19(14-22(21)31-2)28-12-11-17(13-23(28)30)16-5-7-18(8-6-16)24(25,26)27/h5-14,20,29H,3-4,15H2,1-2H3. The van der Waals surface area contributed by atoms with Crippen LogP contribution in [0.2, 0.25) is 0 Å². The van der Waals surface area contributed by atoms with Crippen LogP contribution < -0.4 is 15.0 Å². The SMILES string of the molecule is CCCC(O)COc1ccc(-n2ccc(-c3ccc(C(F)(F)F)cc3)cc2=O)cc1OC. The quantitative estimate of drug-likeness (QED) is 0.524. The molecule has 8 heteroatoms. The molecule has 2 aromatic carbocycles. The molecule has 0 amide bonds. The Hall–Kier alpha value is -3.26. The number of alkyl halides is 3. The Kier molecular flexibility index (Phi) is 7.25. The van der Waals surface area contributed by atoms with Crippen LogP contribution >= 0.6 is 0 Å².